The molecule has 0 heterocycles. The highest BCUT2D eigenvalue weighted by Crippen LogP contribution is 2.52. The number of nitrogens with one attached hydrogen (secondary N) is 1. The van der Waals surface area contributed by atoms with Crippen LogP contribution in [-0.4, -0.2) is 74.5 Å². The lowest BCUT2D eigenvalue weighted by molar-refractivity contribution is -0.148. The number of hydrogen-bond donors (Lipinski definition) is 5. The zero-order valence-electron chi connectivity index (χ0n) is 22.1. The number of fused-ring (bicyclic) bond motifs is 4. The van der Waals surface area contributed by atoms with Crippen LogP contribution in [-0.2, 0) is 22.6 Å². The quantitative estimate of drug-likeness (QED) is 0.367. The minimum Gasteiger partial charge on any atom is -0.510 e. The molecule has 2 aromatic rings. The molecule has 0 bridgehead atoms. The van der Waals surface area contributed by atoms with E-state index in [4.69, 9.17) is 0 Å². The van der Waals surface area contributed by atoms with Gasteiger partial charge >= 0.3 is 0 Å². The summed E-state index contributed by atoms with van der Waals surface area (Å²) in [6, 6.07) is 7.21. The predicted octanol–water partition coefficient (Wildman–Crippen LogP) is 2.63. The number of Topliss-reactive ketones (excluding diaryl/α,β-unsaturated/α-hetero) is 3. The first-order chi connectivity index (χ1) is 18.4. The largest absolute Gasteiger partial charge is 0.510 e. The Labute approximate surface area is 225 Å². The maximum atomic E-state index is 13.9. The average Bonchev–Trinajstić information content (AvgIpc) is 3.69. The Morgan fingerprint density at radius 1 is 1.13 bits per heavy atom. The summed E-state index contributed by atoms with van der Waals surface area (Å²) in [5, 5.41) is 50.2. The number of phenolic OH excluding ortho intramolecular Hbond substituents is 1. The maximum absolute atomic E-state index is 13.9. The molecule has 4 aliphatic rings. The van der Waals surface area contributed by atoms with Crippen LogP contribution in [0.15, 0.2) is 46.9 Å². The topological polar surface area (TPSA) is 147 Å². The van der Waals surface area contributed by atoms with Crippen molar-refractivity contribution in [3.05, 3.63) is 63.6 Å². The smallest absolute Gasteiger partial charge is 0.209 e. The molecular weight excluding hydrogens is 500 g/mol. The van der Waals surface area contributed by atoms with Crippen LogP contribution in [0.1, 0.15) is 47.7 Å². The molecule has 0 unspecified atom stereocenters. The number of allylic oxidation sites excluding steroid dienone is 1. The lowest BCUT2D eigenvalue weighted by Gasteiger charge is -2.50. The highest BCUT2D eigenvalue weighted by molar-refractivity contribution is 6.25. The number of likely N-dealkylation sites (N-methyl/N-ethyl adjacent to an activating group) is 1. The Morgan fingerprint density at radius 3 is 2.49 bits per heavy atom. The molecule has 1 saturated carbocycles. The number of aliphatic hydroxyl groups is 3. The van der Waals surface area contributed by atoms with Gasteiger partial charge in [0.1, 0.15) is 22.8 Å². The van der Waals surface area contributed by atoms with Gasteiger partial charge in [0, 0.05) is 29.5 Å². The van der Waals surface area contributed by atoms with Gasteiger partial charge in [0.2, 0.25) is 5.78 Å². The number of carbonyl (C=O) groups is 3. The van der Waals surface area contributed by atoms with Crippen molar-refractivity contribution in [2.45, 2.75) is 56.8 Å². The van der Waals surface area contributed by atoms with Crippen LogP contribution in [0, 0.1) is 11.8 Å². The highest BCUT2D eigenvalue weighted by Gasteiger charge is 2.63. The summed E-state index contributed by atoms with van der Waals surface area (Å²) >= 11 is 0. The number of ketones is 3. The molecule has 0 radical (unpaired) electrons. The van der Waals surface area contributed by atoms with E-state index >= 15 is 0 Å². The fourth-order valence-electron chi connectivity index (χ4n) is 6.83. The molecule has 0 saturated heterocycles. The van der Waals surface area contributed by atoms with Gasteiger partial charge in [-0.15, -0.1) is 0 Å². The number of rotatable bonds is 5. The first-order valence-electron chi connectivity index (χ1n) is 13.3. The van der Waals surface area contributed by atoms with Gasteiger partial charge in [-0.1, -0.05) is 18.2 Å². The summed E-state index contributed by atoms with van der Waals surface area (Å²) in [4.78, 5) is 41.3. The number of aromatic hydroxyl groups is 1. The second kappa shape index (κ2) is 8.74. The zero-order chi connectivity index (χ0) is 28.0. The van der Waals surface area contributed by atoms with Gasteiger partial charge in [0.25, 0.3) is 0 Å². The van der Waals surface area contributed by atoms with Crippen LogP contribution in [0.5, 0.6) is 5.75 Å². The maximum Gasteiger partial charge on any atom is 0.209 e. The fraction of sp³-hybridized carbons (Fsp3) is 0.433. The molecule has 4 atom stereocenters. The number of carbonyl (C=O) groups excluding carboxylic acids is 3. The summed E-state index contributed by atoms with van der Waals surface area (Å²) in [7, 11) is 3.29. The van der Waals surface area contributed by atoms with E-state index in [0.29, 0.717) is 30.0 Å². The molecule has 0 aliphatic heterocycles. The normalized spacial score (nSPS) is 28.6. The third kappa shape index (κ3) is 3.67. The Hall–Kier alpha value is -3.53. The molecule has 39 heavy (non-hydrogen) atoms. The van der Waals surface area contributed by atoms with Crippen LogP contribution in [0.25, 0.3) is 10.8 Å². The van der Waals surface area contributed by atoms with Gasteiger partial charge in [-0.3, -0.25) is 19.3 Å². The van der Waals surface area contributed by atoms with Gasteiger partial charge in [-0.2, -0.15) is 0 Å². The molecule has 2 aromatic carbocycles. The molecular formula is C30H32N2O7. The van der Waals surface area contributed by atoms with E-state index < -0.39 is 57.9 Å². The summed E-state index contributed by atoms with van der Waals surface area (Å²) in [6.45, 7) is 1.75. The Balaban J connectivity index is 1.48. The number of benzene rings is 2. The third-order valence-electron chi connectivity index (χ3n) is 8.87. The number of nitrogens with zero attached hydrogens (tertiary/aromatic N) is 1. The highest BCUT2D eigenvalue weighted by atomic mass is 16.3. The van der Waals surface area contributed by atoms with Crippen LogP contribution in [0.3, 0.4) is 0 Å². The van der Waals surface area contributed by atoms with E-state index in [1.807, 2.05) is 24.3 Å². The first kappa shape index (κ1) is 25.7. The van der Waals surface area contributed by atoms with Crippen molar-refractivity contribution in [1.82, 2.24) is 10.2 Å². The van der Waals surface area contributed by atoms with Gasteiger partial charge in [-0.25, -0.2) is 0 Å². The first-order valence-corrected chi connectivity index (χ1v) is 13.3. The van der Waals surface area contributed by atoms with Gasteiger partial charge in [-0.05, 0) is 75.2 Å². The molecule has 4 aliphatic carbocycles. The average molecular weight is 533 g/mol. The minimum atomic E-state index is -2.56. The lowest BCUT2D eigenvalue weighted by atomic mass is 9.58. The van der Waals surface area contributed by atoms with E-state index in [1.54, 1.807) is 19.0 Å². The van der Waals surface area contributed by atoms with Crippen molar-refractivity contribution in [1.29, 1.82) is 0 Å². The zero-order valence-corrected chi connectivity index (χ0v) is 22.1. The summed E-state index contributed by atoms with van der Waals surface area (Å²) in [6.07, 6.45) is 2.69. The van der Waals surface area contributed by atoms with Crippen LogP contribution >= 0.6 is 0 Å². The molecule has 0 aromatic heterocycles. The predicted molar refractivity (Wildman–Crippen MR) is 143 cm³/mol. The fourth-order valence-corrected chi connectivity index (χ4v) is 6.83. The molecule has 9 nitrogen and oxygen atoms in total. The van der Waals surface area contributed by atoms with Crippen molar-refractivity contribution in [2.24, 2.45) is 11.8 Å². The summed E-state index contributed by atoms with van der Waals surface area (Å²) in [5.74, 6) is -5.51. The monoisotopic (exact) mass is 532 g/mol. The lowest BCUT2D eigenvalue weighted by Crippen LogP contribution is -2.63. The number of aliphatic hydroxyl groups excluding tert-OH is 2. The molecule has 204 valence electrons. The Morgan fingerprint density at radius 2 is 1.85 bits per heavy atom. The van der Waals surface area contributed by atoms with E-state index in [0.717, 1.165) is 30.7 Å². The molecule has 9 heteroatoms. The standard InChI is InChI=1S/C30H32N2O7/c1-13(33)21-27(36)24(32(2)3)20-11-17-10-16-9-15-5-4-14(12-31-18-6-7-18)8-19(15)25(34)22(16)26(35)23(17)29(38)30(20,39)28(21)37/h4-5,8-9,17-18,20,24,31,34,36,38-39H,6-7,10-12H2,1-3H3/t17-,20-,24-,30+/m0/s1. The van der Waals surface area contributed by atoms with Crippen LogP contribution < -0.4 is 5.32 Å². The molecule has 1 fully saturated rings. The SMILES string of the molecule is CC(=O)C1=C(O)[C@@H](N(C)C)[C@@H]2C[C@@H]3Cc4cc5ccc(CNC6CC6)cc5c(O)c4C(=O)C3=C(O)[C@]2(O)C1=O. The van der Waals surface area contributed by atoms with Crippen molar-refractivity contribution < 1.29 is 34.8 Å². The second-order valence-corrected chi connectivity index (χ2v) is 11.6. The second-order valence-electron chi connectivity index (χ2n) is 11.6. The van der Waals surface area contributed by atoms with E-state index in [2.05, 4.69) is 5.32 Å². The third-order valence-corrected chi connectivity index (χ3v) is 8.87. The van der Waals surface area contributed by atoms with Crippen molar-refractivity contribution in [3.8, 4) is 5.75 Å². The number of hydrogen-bond acceptors (Lipinski definition) is 9. The van der Waals surface area contributed by atoms with E-state index in [1.165, 1.54) is 0 Å². The minimum absolute atomic E-state index is 0.0484. The molecule has 0 amide bonds. The van der Waals surface area contributed by atoms with Gasteiger partial charge in [0.15, 0.2) is 17.2 Å². The van der Waals surface area contributed by atoms with Crippen LogP contribution in [0.2, 0.25) is 0 Å². The van der Waals surface area contributed by atoms with Gasteiger partial charge < -0.3 is 25.7 Å². The van der Waals surface area contributed by atoms with Gasteiger partial charge in [0.05, 0.1) is 11.6 Å². The van der Waals surface area contributed by atoms with Crippen molar-refractivity contribution in [3.63, 3.8) is 0 Å². The van der Waals surface area contributed by atoms with E-state index in [9.17, 15) is 34.8 Å². The molecule has 6 rings (SSSR count). The molecule has 0 spiro atoms. The number of phenols is 1. The van der Waals surface area contributed by atoms with Crippen molar-refractivity contribution in [2.75, 3.05) is 14.1 Å². The van der Waals surface area contributed by atoms with E-state index in [-0.39, 0.29) is 23.3 Å². The van der Waals surface area contributed by atoms with Crippen LogP contribution in [0.4, 0.5) is 0 Å². The summed E-state index contributed by atoms with van der Waals surface area (Å²) < 4.78 is 0. The molecule has 5 N–H and O–H groups in total. The Kier molecular flexibility index (Phi) is 5.77. The van der Waals surface area contributed by atoms with Crippen molar-refractivity contribution >= 4 is 28.1 Å². The Bertz CT molecular complexity index is 1530. The summed E-state index contributed by atoms with van der Waals surface area (Å²) in [5.41, 5.74) is -1.63.